The van der Waals surface area contributed by atoms with Crippen LogP contribution >= 0.6 is 0 Å². The van der Waals surface area contributed by atoms with E-state index in [1.165, 1.54) is 0 Å². The first kappa shape index (κ1) is 36.8. The fourth-order valence-corrected chi connectivity index (χ4v) is 6.94. The van der Waals surface area contributed by atoms with Crippen LogP contribution < -0.4 is 4.90 Å². The number of hydrogen-bond acceptors (Lipinski definition) is 4. The minimum atomic E-state index is -0.246. The molecule has 0 saturated carbocycles. The molecule has 2 heterocycles. The number of nitrogens with zero attached hydrogens (tertiary/aromatic N) is 4. The molecule has 6 aromatic rings. The van der Waals surface area contributed by atoms with E-state index >= 15 is 0 Å². The number of rotatable bonds is 9. The van der Waals surface area contributed by atoms with E-state index in [1.807, 2.05) is 43.6 Å². The van der Waals surface area contributed by atoms with Crippen molar-refractivity contribution in [2.45, 2.75) is 59.3 Å². The molecule has 0 unspecified atom stereocenters. The zero-order valence-corrected chi connectivity index (χ0v) is 32.3. The highest BCUT2D eigenvalue weighted by Crippen LogP contribution is 2.43. The molecule has 2 aromatic heterocycles. The molecule has 0 fully saturated rings. The fraction of sp³-hybridized carbons (Fsp3) is 0.208. The first-order valence-corrected chi connectivity index (χ1v) is 18.0. The predicted molar refractivity (Wildman–Crippen MR) is 225 cm³/mol. The van der Waals surface area contributed by atoms with E-state index < -0.39 is 0 Å². The van der Waals surface area contributed by atoms with E-state index in [1.54, 1.807) is 6.08 Å². The standard InChI is InChI=1S/C48H50N4O/c1-12-31(3)52(37-21-15-14-16-22-37)32(4)38(13-2)34-25-26-49-42(28-34)35-20-17-19-33(27-35)39-23-18-24-43-44(39)50-46(51(43)11)40-29-36(47(5,6)7)30-41(45(40)53)48(8,9)10/h12-30,53H,1-3H2,4-11H3/b38-32-. The van der Waals surface area contributed by atoms with Crippen LogP contribution in [0.1, 0.15) is 65.2 Å². The van der Waals surface area contributed by atoms with Crippen LogP contribution in [0.2, 0.25) is 0 Å². The number of aromatic nitrogens is 3. The Bertz CT molecular complexity index is 2400. The number of aryl methyl sites for hydroxylation is 1. The summed E-state index contributed by atoms with van der Waals surface area (Å²) < 4.78 is 2.09. The average Bonchev–Trinajstić information content (AvgIpc) is 3.47. The smallest absolute Gasteiger partial charge is 0.144 e. The summed E-state index contributed by atoms with van der Waals surface area (Å²) in [5, 5.41) is 11.7. The van der Waals surface area contributed by atoms with Crippen LogP contribution in [0, 0.1) is 0 Å². The summed E-state index contributed by atoms with van der Waals surface area (Å²) in [5.41, 5.74) is 12.9. The van der Waals surface area contributed by atoms with Crippen molar-refractivity contribution in [2.24, 2.45) is 7.05 Å². The number of para-hydroxylation sites is 2. The van der Waals surface area contributed by atoms with Crippen molar-refractivity contribution >= 4 is 22.3 Å². The van der Waals surface area contributed by atoms with Gasteiger partial charge >= 0.3 is 0 Å². The van der Waals surface area contributed by atoms with Crippen LogP contribution in [-0.4, -0.2) is 19.6 Å². The molecule has 0 amide bonds. The molecule has 0 atom stereocenters. The van der Waals surface area contributed by atoms with Crippen molar-refractivity contribution in [3.63, 3.8) is 0 Å². The largest absolute Gasteiger partial charge is 0.507 e. The number of benzene rings is 4. The topological polar surface area (TPSA) is 54.2 Å². The Hall–Kier alpha value is -5.94. The quantitative estimate of drug-likeness (QED) is 0.153. The monoisotopic (exact) mass is 698 g/mol. The van der Waals surface area contributed by atoms with Gasteiger partial charge < -0.3 is 14.6 Å². The number of anilines is 1. The first-order chi connectivity index (χ1) is 25.1. The van der Waals surface area contributed by atoms with Gasteiger partial charge in [0, 0.05) is 52.6 Å². The van der Waals surface area contributed by atoms with Crippen molar-refractivity contribution in [1.29, 1.82) is 0 Å². The molecule has 0 radical (unpaired) electrons. The molecule has 5 heteroatoms. The second-order valence-corrected chi connectivity index (χ2v) is 15.7. The Labute approximate surface area is 315 Å². The molecule has 0 aliphatic carbocycles. The summed E-state index contributed by atoms with van der Waals surface area (Å²) in [5.74, 6) is 1.01. The lowest BCUT2D eigenvalue weighted by Crippen LogP contribution is -2.19. The second kappa shape index (κ2) is 14.2. The van der Waals surface area contributed by atoms with Crippen LogP contribution in [0.4, 0.5) is 5.69 Å². The van der Waals surface area contributed by atoms with Gasteiger partial charge in [0.2, 0.25) is 0 Å². The van der Waals surface area contributed by atoms with E-state index in [2.05, 4.69) is 150 Å². The third-order valence-corrected chi connectivity index (χ3v) is 9.94. The maximum Gasteiger partial charge on any atom is 0.144 e. The van der Waals surface area contributed by atoms with E-state index in [0.717, 1.165) is 84.2 Å². The summed E-state index contributed by atoms with van der Waals surface area (Å²) in [4.78, 5) is 12.2. The second-order valence-electron chi connectivity index (χ2n) is 15.7. The normalized spacial score (nSPS) is 12.4. The number of phenolic OH excluding ortho intramolecular Hbond substituents is 1. The molecular formula is C48H50N4O. The van der Waals surface area contributed by atoms with Gasteiger partial charge in [-0.2, -0.15) is 0 Å². The SMILES string of the molecule is C=CC(=C)N(/C(C)=C(/C=C)c1ccnc(-c2cccc(-c3cccc4c3nc(-c3cc(C(C)(C)C)cc(C(C)(C)C)c3O)n4C)c2)c1)c1ccccc1. The van der Waals surface area contributed by atoms with Crippen LogP contribution in [0.5, 0.6) is 5.75 Å². The molecule has 53 heavy (non-hydrogen) atoms. The Morgan fingerprint density at radius 1 is 0.774 bits per heavy atom. The number of aromatic hydroxyl groups is 1. The van der Waals surface area contributed by atoms with Gasteiger partial charge in [0.1, 0.15) is 11.6 Å². The van der Waals surface area contributed by atoms with Crippen molar-refractivity contribution in [3.05, 3.63) is 163 Å². The van der Waals surface area contributed by atoms with Crippen LogP contribution in [-0.2, 0) is 17.9 Å². The lowest BCUT2D eigenvalue weighted by molar-refractivity contribution is 0.446. The zero-order valence-electron chi connectivity index (χ0n) is 32.3. The molecular weight excluding hydrogens is 649 g/mol. The van der Waals surface area contributed by atoms with Gasteiger partial charge in [-0.25, -0.2) is 4.98 Å². The van der Waals surface area contributed by atoms with Gasteiger partial charge in [-0.05, 0) is 83.0 Å². The molecule has 268 valence electrons. The van der Waals surface area contributed by atoms with E-state index in [-0.39, 0.29) is 16.6 Å². The minimum absolute atomic E-state index is 0.105. The summed E-state index contributed by atoms with van der Waals surface area (Å²) in [6.07, 6.45) is 5.50. The fourth-order valence-electron chi connectivity index (χ4n) is 6.94. The van der Waals surface area contributed by atoms with Crippen molar-refractivity contribution in [1.82, 2.24) is 14.5 Å². The molecule has 0 saturated heterocycles. The van der Waals surface area contributed by atoms with Gasteiger partial charge in [0.15, 0.2) is 0 Å². The van der Waals surface area contributed by atoms with Gasteiger partial charge in [-0.3, -0.25) is 4.98 Å². The molecule has 0 spiro atoms. The first-order valence-electron chi connectivity index (χ1n) is 18.0. The Balaban J connectivity index is 1.45. The van der Waals surface area contributed by atoms with Gasteiger partial charge in [-0.1, -0.05) is 122 Å². The number of hydrogen-bond donors (Lipinski definition) is 1. The lowest BCUT2D eigenvalue weighted by Gasteiger charge is -2.28. The summed E-state index contributed by atoms with van der Waals surface area (Å²) in [7, 11) is 2.02. The third-order valence-electron chi connectivity index (χ3n) is 9.94. The average molecular weight is 699 g/mol. The summed E-state index contributed by atoms with van der Waals surface area (Å²) >= 11 is 0. The molecule has 1 N–H and O–H groups in total. The number of fused-ring (bicyclic) bond motifs is 1. The minimum Gasteiger partial charge on any atom is -0.507 e. The van der Waals surface area contributed by atoms with E-state index in [0.29, 0.717) is 0 Å². The molecule has 0 aliphatic heterocycles. The van der Waals surface area contributed by atoms with Gasteiger partial charge in [0.05, 0.1) is 22.3 Å². The highest BCUT2D eigenvalue weighted by molar-refractivity contribution is 5.95. The molecule has 5 nitrogen and oxygen atoms in total. The Morgan fingerprint density at radius 2 is 1.47 bits per heavy atom. The Kier molecular flexibility index (Phi) is 9.89. The van der Waals surface area contributed by atoms with Crippen LogP contribution in [0.3, 0.4) is 0 Å². The molecule has 4 aromatic carbocycles. The molecule has 6 rings (SSSR count). The number of allylic oxidation sites excluding steroid dienone is 4. The van der Waals surface area contributed by atoms with Crippen molar-refractivity contribution in [3.8, 4) is 39.5 Å². The highest BCUT2D eigenvalue weighted by atomic mass is 16.3. The highest BCUT2D eigenvalue weighted by Gasteiger charge is 2.27. The summed E-state index contributed by atoms with van der Waals surface area (Å²) in [6.45, 7) is 27.5. The van der Waals surface area contributed by atoms with E-state index in [4.69, 9.17) is 9.97 Å². The number of phenols is 1. The predicted octanol–water partition coefficient (Wildman–Crippen LogP) is 12.4. The number of imidazole rings is 1. The zero-order chi connectivity index (χ0) is 38.2. The van der Waals surface area contributed by atoms with Crippen LogP contribution in [0.25, 0.3) is 50.4 Å². The maximum absolute atomic E-state index is 11.7. The van der Waals surface area contributed by atoms with Crippen molar-refractivity contribution < 1.29 is 5.11 Å². The maximum atomic E-state index is 11.7. The molecule has 0 bridgehead atoms. The Morgan fingerprint density at radius 3 is 2.13 bits per heavy atom. The van der Waals surface area contributed by atoms with Crippen LogP contribution in [0.15, 0.2) is 147 Å². The molecule has 0 aliphatic rings. The van der Waals surface area contributed by atoms with Gasteiger partial charge in [0.25, 0.3) is 0 Å². The lowest BCUT2D eigenvalue weighted by atomic mass is 9.79. The van der Waals surface area contributed by atoms with E-state index in [9.17, 15) is 5.11 Å². The van der Waals surface area contributed by atoms with Gasteiger partial charge in [-0.15, -0.1) is 0 Å². The number of pyridine rings is 1. The van der Waals surface area contributed by atoms with Crippen molar-refractivity contribution in [2.75, 3.05) is 4.90 Å². The third kappa shape index (κ3) is 7.12. The summed E-state index contributed by atoms with van der Waals surface area (Å²) in [6, 6.07) is 33.2.